The predicted molar refractivity (Wildman–Crippen MR) is 79.0 cm³/mol. The van der Waals surface area contributed by atoms with Gasteiger partial charge in [-0.25, -0.2) is 0 Å². The second-order valence-corrected chi connectivity index (χ2v) is 7.73. The smallest absolute Gasteiger partial charge is 0.222 e. The maximum absolute atomic E-state index is 12.3. The Morgan fingerprint density at radius 1 is 1.21 bits per heavy atom. The lowest BCUT2D eigenvalue weighted by Crippen LogP contribution is -2.39. The van der Waals surface area contributed by atoms with Gasteiger partial charge in [0, 0.05) is 19.5 Å². The molecule has 2 saturated heterocycles. The lowest BCUT2D eigenvalue weighted by molar-refractivity contribution is -0.130. The van der Waals surface area contributed by atoms with Gasteiger partial charge in [0.1, 0.15) is 0 Å². The molecule has 2 heterocycles. The van der Waals surface area contributed by atoms with Gasteiger partial charge in [-0.15, -0.1) is 0 Å². The van der Waals surface area contributed by atoms with Gasteiger partial charge < -0.3 is 10.2 Å². The van der Waals surface area contributed by atoms with Gasteiger partial charge in [-0.2, -0.15) is 0 Å². The normalized spacial score (nSPS) is 23.0. The molecule has 2 fully saturated rings. The Balaban J connectivity index is 1.75. The molecule has 1 N–H and O–H groups in total. The topological polar surface area (TPSA) is 32.3 Å². The Bertz CT molecular complexity index is 313. The van der Waals surface area contributed by atoms with Crippen LogP contribution < -0.4 is 5.32 Å². The summed E-state index contributed by atoms with van der Waals surface area (Å²) in [4.78, 5) is 14.4. The minimum absolute atomic E-state index is 0.349. The van der Waals surface area contributed by atoms with Gasteiger partial charge in [-0.1, -0.05) is 20.8 Å². The van der Waals surface area contributed by atoms with Crippen molar-refractivity contribution in [1.29, 1.82) is 0 Å². The van der Waals surface area contributed by atoms with E-state index < -0.39 is 0 Å². The van der Waals surface area contributed by atoms with Crippen LogP contribution in [0.25, 0.3) is 0 Å². The molecule has 19 heavy (non-hydrogen) atoms. The molecule has 0 aliphatic carbocycles. The summed E-state index contributed by atoms with van der Waals surface area (Å²) >= 11 is 0. The minimum Gasteiger partial charge on any atom is -0.342 e. The van der Waals surface area contributed by atoms with Gasteiger partial charge in [-0.3, -0.25) is 4.79 Å². The van der Waals surface area contributed by atoms with E-state index >= 15 is 0 Å². The van der Waals surface area contributed by atoms with Crippen molar-refractivity contribution in [3.63, 3.8) is 0 Å². The van der Waals surface area contributed by atoms with Crippen LogP contribution in [0.3, 0.4) is 0 Å². The molecule has 0 saturated carbocycles. The van der Waals surface area contributed by atoms with Crippen LogP contribution in [-0.4, -0.2) is 37.0 Å². The first-order chi connectivity index (χ1) is 8.90. The average Bonchev–Trinajstić information content (AvgIpc) is 2.72. The second kappa shape index (κ2) is 5.82. The molecule has 0 aromatic heterocycles. The first-order valence-corrected chi connectivity index (χ1v) is 7.89. The summed E-state index contributed by atoms with van der Waals surface area (Å²) in [7, 11) is 0. The van der Waals surface area contributed by atoms with E-state index in [4.69, 9.17) is 0 Å². The number of carbonyl (C=O) groups is 1. The van der Waals surface area contributed by atoms with Gasteiger partial charge in [0.25, 0.3) is 0 Å². The third-order valence-corrected chi connectivity index (χ3v) is 4.77. The van der Waals surface area contributed by atoms with Crippen LogP contribution in [0.5, 0.6) is 0 Å². The van der Waals surface area contributed by atoms with E-state index in [1.807, 2.05) is 0 Å². The molecule has 1 spiro atoms. The van der Waals surface area contributed by atoms with Crippen LogP contribution in [0.15, 0.2) is 0 Å². The van der Waals surface area contributed by atoms with Crippen molar-refractivity contribution in [3.05, 3.63) is 0 Å². The van der Waals surface area contributed by atoms with Crippen molar-refractivity contribution in [2.75, 3.05) is 26.2 Å². The van der Waals surface area contributed by atoms with Crippen LogP contribution in [0.1, 0.15) is 59.3 Å². The molecular formula is C16H30N2O. The maximum Gasteiger partial charge on any atom is 0.222 e. The fourth-order valence-electron chi connectivity index (χ4n) is 3.44. The molecule has 0 aromatic carbocycles. The largest absolute Gasteiger partial charge is 0.342 e. The Morgan fingerprint density at radius 3 is 2.53 bits per heavy atom. The van der Waals surface area contributed by atoms with Crippen LogP contribution in [0.2, 0.25) is 0 Å². The van der Waals surface area contributed by atoms with Crippen LogP contribution in [-0.2, 0) is 4.79 Å². The second-order valence-electron chi connectivity index (χ2n) is 7.73. The molecule has 0 unspecified atom stereocenters. The number of nitrogens with one attached hydrogen (secondary N) is 1. The van der Waals surface area contributed by atoms with E-state index in [0.29, 0.717) is 16.7 Å². The number of amides is 1. The number of nitrogens with zero attached hydrogens (tertiary/aromatic N) is 1. The molecule has 1 amide bonds. The summed E-state index contributed by atoms with van der Waals surface area (Å²) in [5, 5.41) is 3.43. The van der Waals surface area contributed by atoms with E-state index in [9.17, 15) is 4.79 Å². The summed E-state index contributed by atoms with van der Waals surface area (Å²) in [6.45, 7) is 11.0. The molecule has 2 rings (SSSR count). The summed E-state index contributed by atoms with van der Waals surface area (Å²) in [6, 6.07) is 0. The van der Waals surface area contributed by atoms with Crippen LogP contribution in [0, 0.1) is 10.8 Å². The molecular weight excluding hydrogens is 236 g/mol. The number of hydrogen-bond donors (Lipinski definition) is 1. The van der Waals surface area contributed by atoms with Gasteiger partial charge in [-0.05, 0) is 56.0 Å². The quantitative estimate of drug-likeness (QED) is 0.852. The molecule has 3 heteroatoms. The van der Waals surface area contributed by atoms with Gasteiger partial charge in [0.05, 0.1) is 0 Å². The lowest BCUT2D eigenvalue weighted by atomic mass is 9.78. The zero-order valence-electron chi connectivity index (χ0n) is 12.9. The first kappa shape index (κ1) is 14.8. The third kappa shape index (κ3) is 4.20. The summed E-state index contributed by atoms with van der Waals surface area (Å²) in [5.41, 5.74) is 0.798. The van der Waals surface area contributed by atoms with Gasteiger partial charge in [0.15, 0.2) is 0 Å². The number of piperidine rings is 1. The predicted octanol–water partition coefficient (Wildman–Crippen LogP) is 2.80. The first-order valence-electron chi connectivity index (χ1n) is 7.89. The van der Waals surface area contributed by atoms with Gasteiger partial charge >= 0.3 is 0 Å². The lowest BCUT2D eigenvalue weighted by Gasteiger charge is -2.33. The van der Waals surface area contributed by atoms with E-state index in [1.54, 1.807) is 0 Å². The Hall–Kier alpha value is -0.570. The van der Waals surface area contributed by atoms with E-state index in [1.165, 1.54) is 19.3 Å². The van der Waals surface area contributed by atoms with E-state index in [0.717, 1.165) is 45.4 Å². The zero-order chi connectivity index (χ0) is 13.9. The number of hydrogen-bond acceptors (Lipinski definition) is 2. The van der Waals surface area contributed by atoms with Crippen molar-refractivity contribution >= 4 is 5.91 Å². The zero-order valence-corrected chi connectivity index (χ0v) is 12.9. The van der Waals surface area contributed by atoms with Gasteiger partial charge in [0.2, 0.25) is 5.91 Å². The molecule has 0 radical (unpaired) electrons. The van der Waals surface area contributed by atoms with Crippen molar-refractivity contribution in [2.45, 2.75) is 59.3 Å². The Labute approximate surface area is 118 Å². The standard InChI is InChI=1S/C16H30N2O/c1-15(2,3)6-4-5-14(19)18-12-9-16(13-18)7-10-17-11-8-16/h17H,4-13H2,1-3H3. The maximum atomic E-state index is 12.3. The molecule has 2 aliphatic rings. The molecule has 0 atom stereocenters. The highest BCUT2D eigenvalue weighted by Crippen LogP contribution is 2.38. The number of rotatable bonds is 3. The summed E-state index contributed by atoms with van der Waals surface area (Å²) in [6.07, 6.45) is 6.64. The molecule has 3 nitrogen and oxygen atoms in total. The molecule has 0 bridgehead atoms. The Kier molecular flexibility index (Phi) is 4.54. The van der Waals surface area contributed by atoms with Crippen molar-refractivity contribution in [3.8, 4) is 0 Å². The van der Waals surface area contributed by atoms with Crippen molar-refractivity contribution in [2.24, 2.45) is 10.8 Å². The summed E-state index contributed by atoms with van der Waals surface area (Å²) < 4.78 is 0. The highest BCUT2D eigenvalue weighted by molar-refractivity contribution is 5.76. The van der Waals surface area contributed by atoms with Crippen LogP contribution >= 0.6 is 0 Å². The third-order valence-electron chi connectivity index (χ3n) is 4.77. The molecule has 110 valence electrons. The minimum atomic E-state index is 0.349. The van der Waals surface area contributed by atoms with E-state index in [2.05, 4.69) is 31.0 Å². The fourth-order valence-corrected chi connectivity index (χ4v) is 3.44. The Morgan fingerprint density at radius 2 is 1.89 bits per heavy atom. The number of carbonyl (C=O) groups excluding carboxylic acids is 1. The monoisotopic (exact) mass is 266 g/mol. The fraction of sp³-hybridized carbons (Fsp3) is 0.938. The highest BCUT2D eigenvalue weighted by Gasteiger charge is 2.40. The average molecular weight is 266 g/mol. The highest BCUT2D eigenvalue weighted by atomic mass is 16.2. The SMILES string of the molecule is CC(C)(C)CCCC(=O)N1CCC2(CCNCC2)C1. The van der Waals surface area contributed by atoms with Crippen molar-refractivity contribution in [1.82, 2.24) is 10.2 Å². The molecule has 0 aromatic rings. The molecule has 2 aliphatic heterocycles. The summed E-state index contributed by atoms with van der Waals surface area (Å²) in [5.74, 6) is 0.389. The van der Waals surface area contributed by atoms with E-state index in [-0.39, 0.29) is 0 Å². The number of likely N-dealkylation sites (tertiary alicyclic amines) is 1. The van der Waals surface area contributed by atoms with Crippen molar-refractivity contribution < 1.29 is 4.79 Å². The van der Waals surface area contributed by atoms with Crippen LogP contribution in [0.4, 0.5) is 0 Å².